The lowest BCUT2D eigenvalue weighted by Crippen LogP contribution is -2.36. The first-order valence-electron chi connectivity index (χ1n) is 14.8. The van der Waals surface area contributed by atoms with Crippen LogP contribution in [0.25, 0.3) is 0 Å². The molecule has 0 atom stereocenters. The van der Waals surface area contributed by atoms with Crippen LogP contribution in [0.1, 0.15) is 84.2 Å². The van der Waals surface area contributed by atoms with Gasteiger partial charge in [0.15, 0.2) is 0 Å². The van der Waals surface area contributed by atoms with E-state index in [1.807, 2.05) is 12.3 Å². The van der Waals surface area contributed by atoms with Crippen LogP contribution in [-0.2, 0) is 19.1 Å². The lowest BCUT2D eigenvalue weighted by atomic mass is 10.1. The van der Waals surface area contributed by atoms with Crippen LogP contribution in [-0.4, -0.2) is 80.5 Å². The lowest BCUT2D eigenvalue weighted by molar-refractivity contribution is -0.117. The van der Waals surface area contributed by atoms with Gasteiger partial charge in [-0.05, 0) is 101 Å². The summed E-state index contributed by atoms with van der Waals surface area (Å²) in [5, 5.41) is 13.4. The van der Waals surface area contributed by atoms with Crippen molar-refractivity contribution >= 4 is 68.0 Å². The van der Waals surface area contributed by atoms with E-state index < -0.39 is 5.97 Å². The van der Waals surface area contributed by atoms with Gasteiger partial charge in [-0.15, -0.1) is 34.3 Å². The zero-order valence-electron chi connectivity index (χ0n) is 25.6. The highest BCUT2D eigenvalue weighted by Crippen LogP contribution is 2.29. The molecule has 4 heterocycles. The molecule has 0 aliphatic carbocycles. The van der Waals surface area contributed by atoms with E-state index in [2.05, 4.69) is 20.9 Å². The average molecular weight is 657 g/mol. The largest absolute Gasteiger partial charge is 0.462 e. The molecular weight excluding hydrogens is 612 g/mol. The van der Waals surface area contributed by atoms with Crippen LogP contribution in [0.3, 0.4) is 0 Å². The Kier molecular flexibility index (Phi) is 17.4. The predicted octanol–water partition coefficient (Wildman–Crippen LogP) is 5.83. The normalized spacial score (nSPS) is 14.7. The number of hydrogen-bond donors (Lipinski definition) is 3. The molecule has 0 spiro atoms. The highest BCUT2D eigenvalue weighted by Gasteiger charge is 2.21. The quantitative estimate of drug-likeness (QED) is 0.227. The summed E-state index contributed by atoms with van der Waals surface area (Å²) in [6, 6.07) is 0. The van der Waals surface area contributed by atoms with Gasteiger partial charge in [-0.25, -0.2) is 9.59 Å². The Balaban J connectivity index is 0.000000257. The molecule has 2 aromatic rings. The topological polar surface area (TPSA) is 126 Å². The number of carbonyl (C=O) groups excluding carboxylic acids is 4. The van der Waals surface area contributed by atoms with Crippen molar-refractivity contribution in [3.63, 3.8) is 0 Å². The number of likely N-dealkylation sites (tertiary alicyclic amines) is 1. The number of thiophene rings is 2. The van der Waals surface area contributed by atoms with Crippen LogP contribution in [0, 0.1) is 13.8 Å². The summed E-state index contributed by atoms with van der Waals surface area (Å²) in [7, 11) is 0. The van der Waals surface area contributed by atoms with Crippen molar-refractivity contribution in [1.82, 2.24) is 10.2 Å². The van der Waals surface area contributed by atoms with Gasteiger partial charge in [0.25, 0.3) is 0 Å². The lowest BCUT2D eigenvalue weighted by Gasteiger charge is -2.25. The third-order valence-electron chi connectivity index (χ3n) is 6.56. The number of piperidine rings is 2. The van der Waals surface area contributed by atoms with Crippen LogP contribution in [0.5, 0.6) is 0 Å². The summed E-state index contributed by atoms with van der Waals surface area (Å²) >= 11 is 8.03. The van der Waals surface area contributed by atoms with E-state index in [-0.39, 0.29) is 23.7 Å². The van der Waals surface area contributed by atoms with Crippen molar-refractivity contribution in [1.29, 1.82) is 0 Å². The summed E-state index contributed by atoms with van der Waals surface area (Å²) in [5.41, 5.74) is 2.51. The number of nitrogens with one attached hydrogen (secondary N) is 3. The molecule has 0 bridgehead atoms. The summed E-state index contributed by atoms with van der Waals surface area (Å²) in [6.45, 7) is 12.6. The molecule has 0 saturated carbocycles. The highest BCUT2D eigenvalue weighted by atomic mass is 35.5. The minimum absolute atomic E-state index is 0.0655. The van der Waals surface area contributed by atoms with Gasteiger partial charge in [0, 0.05) is 0 Å². The average Bonchev–Trinajstić information content (AvgIpc) is 3.56. The molecule has 2 amide bonds. The fraction of sp³-hybridized carbons (Fsp3) is 0.600. The highest BCUT2D eigenvalue weighted by molar-refractivity contribution is 7.15. The number of rotatable bonds is 9. The van der Waals surface area contributed by atoms with Crippen LogP contribution in [0.15, 0.2) is 10.8 Å². The number of anilines is 2. The first-order chi connectivity index (χ1) is 20.7. The Labute approximate surface area is 267 Å². The smallest absolute Gasteiger partial charge is 0.341 e. The second-order valence-electron chi connectivity index (χ2n) is 10.1. The van der Waals surface area contributed by atoms with Gasteiger partial charge in [0.2, 0.25) is 11.8 Å². The van der Waals surface area contributed by atoms with Gasteiger partial charge < -0.3 is 25.4 Å². The van der Waals surface area contributed by atoms with Crippen LogP contribution in [0.4, 0.5) is 10.0 Å². The van der Waals surface area contributed by atoms with E-state index in [1.54, 1.807) is 26.2 Å². The molecule has 10 nitrogen and oxygen atoms in total. The van der Waals surface area contributed by atoms with Gasteiger partial charge >= 0.3 is 11.9 Å². The van der Waals surface area contributed by atoms with Crippen molar-refractivity contribution in [3.8, 4) is 0 Å². The second-order valence-corrected chi connectivity index (χ2v) is 12.1. The molecule has 2 saturated heterocycles. The standard InChI is InChI=1S/C15H22N2O3S.C10H12ClNO3S.C5H11N/c1-3-20-15(19)13-11(2)10-21-14(13)16-12(18)9-17-7-5-4-6-8-17;1-3-15-10(14)8-6(2)5-16-9(8)12-7(13)4-11;1-2-4-6-5-3-1/h10H,3-9H2,1-2H3,(H,16,18);5H,3-4H2,1-2H3,(H,12,13);6H,1-5H2. The minimum Gasteiger partial charge on any atom is -0.462 e. The molecule has 2 aliphatic heterocycles. The number of carbonyl (C=O) groups is 4. The number of halogens is 1. The molecule has 43 heavy (non-hydrogen) atoms. The molecule has 4 rings (SSSR count). The van der Waals surface area contributed by atoms with Gasteiger partial charge in [-0.2, -0.15) is 0 Å². The Morgan fingerprint density at radius 1 is 0.791 bits per heavy atom. The van der Waals surface area contributed by atoms with Crippen molar-refractivity contribution in [3.05, 3.63) is 33.0 Å². The van der Waals surface area contributed by atoms with E-state index in [0.29, 0.717) is 40.9 Å². The van der Waals surface area contributed by atoms with Crippen LogP contribution < -0.4 is 16.0 Å². The van der Waals surface area contributed by atoms with E-state index >= 15 is 0 Å². The van der Waals surface area contributed by atoms with E-state index in [0.717, 1.165) is 37.1 Å². The van der Waals surface area contributed by atoms with Crippen molar-refractivity contribution in [2.75, 3.05) is 62.5 Å². The van der Waals surface area contributed by atoms with Gasteiger partial charge in [-0.1, -0.05) is 12.8 Å². The summed E-state index contributed by atoms with van der Waals surface area (Å²) in [5.74, 6) is -1.34. The van der Waals surface area contributed by atoms with Gasteiger partial charge in [0.05, 0.1) is 30.9 Å². The second kappa shape index (κ2) is 20.4. The summed E-state index contributed by atoms with van der Waals surface area (Å²) in [6.07, 6.45) is 7.77. The van der Waals surface area contributed by atoms with Gasteiger partial charge in [0.1, 0.15) is 15.9 Å². The zero-order valence-corrected chi connectivity index (χ0v) is 28.0. The SMILES string of the molecule is C1CCNCC1.CCOC(=O)c1c(C)csc1NC(=O)CCl.CCOC(=O)c1c(C)csc1NC(=O)CN1CCCCC1. The number of amides is 2. The van der Waals surface area contributed by atoms with E-state index in [4.69, 9.17) is 21.1 Å². The number of aryl methyl sites for hydroxylation is 2. The summed E-state index contributed by atoms with van der Waals surface area (Å²) in [4.78, 5) is 49.0. The summed E-state index contributed by atoms with van der Waals surface area (Å²) < 4.78 is 9.95. The molecule has 2 fully saturated rings. The molecule has 13 heteroatoms. The monoisotopic (exact) mass is 656 g/mol. The third kappa shape index (κ3) is 12.9. The fourth-order valence-corrected chi connectivity index (χ4v) is 6.40. The fourth-order valence-electron chi connectivity index (χ4n) is 4.43. The van der Waals surface area contributed by atoms with Gasteiger partial charge in [-0.3, -0.25) is 14.5 Å². The predicted molar refractivity (Wildman–Crippen MR) is 175 cm³/mol. The molecule has 0 radical (unpaired) electrons. The zero-order chi connectivity index (χ0) is 31.6. The van der Waals surface area contributed by atoms with Crippen LogP contribution >= 0.6 is 34.3 Å². The minimum atomic E-state index is -0.425. The Bertz CT molecular complexity index is 1160. The van der Waals surface area contributed by atoms with E-state index in [1.165, 1.54) is 61.4 Å². The maximum absolute atomic E-state index is 12.1. The molecule has 2 aliphatic rings. The van der Waals surface area contributed by atoms with Crippen molar-refractivity contribution in [2.45, 2.75) is 66.2 Å². The number of hydrogen-bond acceptors (Lipinski definition) is 10. The Morgan fingerprint density at radius 2 is 1.26 bits per heavy atom. The molecular formula is C30H45ClN4O6S2. The molecule has 2 aromatic heterocycles. The first kappa shape index (κ1) is 36.7. The van der Waals surface area contributed by atoms with E-state index in [9.17, 15) is 19.2 Å². The van der Waals surface area contributed by atoms with Crippen molar-refractivity contribution in [2.24, 2.45) is 0 Å². The van der Waals surface area contributed by atoms with Crippen LogP contribution in [0.2, 0.25) is 0 Å². The number of nitrogens with zero attached hydrogens (tertiary/aromatic N) is 1. The molecule has 0 aromatic carbocycles. The maximum atomic E-state index is 12.1. The molecule has 0 unspecified atom stereocenters. The van der Waals surface area contributed by atoms with Crippen molar-refractivity contribution < 1.29 is 28.7 Å². The Morgan fingerprint density at radius 3 is 1.65 bits per heavy atom. The Hall–Kier alpha value is -2.51. The number of esters is 2. The first-order valence-corrected chi connectivity index (χ1v) is 17.1. The third-order valence-corrected chi connectivity index (χ3v) is 8.83. The molecule has 240 valence electrons. The maximum Gasteiger partial charge on any atom is 0.341 e. The number of alkyl halides is 1. The number of ether oxygens (including phenoxy) is 2. The molecule has 3 N–H and O–H groups in total.